The van der Waals surface area contributed by atoms with Crippen LogP contribution in [0.1, 0.15) is 12.8 Å². The van der Waals surface area contributed by atoms with E-state index in [0.29, 0.717) is 59.4 Å². The van der Waals surface area contributed by atoms with Crippen molar-refractivity contribution in [2.24, 2.45) is 0 Å². The molecule has 2 aromatic carbocycles. The Morgan fingerprint density at radius 1 is 0.667 bits per heavy atom. The predicted octanol–water partition coefficient (Wildman–Crippen LogP) is 2.66. The van der Waals surface area contributed by atoms with Gasteiger partial charge in [-0.2, -0.15) is 0 Å². The van der Waals surface area contributed by atoms with E-state index < -0.39 is 11.8 Å². The lowest BCUT2D eigenvalue weighted by atomic mass is 10.3. The van der Waals surface area contributed by atoms with Gasteiger partial charge in [-0.1, -0.05) is 36.0 Å². The number of rotatable bonds is 21. The second kappa shape index (κ2) is 19.5. The van der Waals surface area contributed by atoms with Gasteiger partial charge in [0, 0.05) is 47.1 Å². The third kappa shape index (κ3) is 13.4. The molecule has 1 aliphatic rings. The highest BCUT2D eigenvalue weighted by atomic mass is 32.2. The SMILES string of the molecule is O=C(CCN1C(=O)C=CC1=O)NCCOCCOCCOCCOCCC(=O)Nc1cccc(Sc2ccccc2)c1. The fourth-order valence-corrected chi connectivity index (χ4v) is 4.53. The highest BCUT2D eigenvalue weighted by molar-refractivity contribution is 7.99. The van der Waals surface area contributed by atoms with Gasteiger partial charge in [-0.3, -0.25) is 24.1 Å². The standard InChI is InChI=1S/C30H37N3O8S/c34-27(11-14-33-29(36)9-10-30(33)37)31-13-16-39-18-20-41-22-21-40-19-17-38-15-12-28(35)32-24-5-4-8-26(23-24)42-25-6-2-1-3-7-25/h1-10,23H,11-22H2,(H,31,34)(H,32,35). The summed E-state index contributed by atoms with van der Waals surface area (Å²) in [6.45, 7) is 3.38. The molecule has 0 saturated heterocycles. The number of carbonyl (C=O) groups is 4. The van der Waals surface area contributed by atoms with E-state index in [1.54, 1.807) is 11.8 Å². The summed E-state index contributed by atoms with van der Waals surface area (Å²) in [7, 11) is 0. The third-order valence-electron chi connectivity index (χ3n) is 5.72. The van der Waals surface area contributed by atoms with Gasteiger partial charge >= 0.3 is 0 Å². The number of hydrogen-bond donors (Lipinski definition) is 2. The molecule has 0 atom stereocenters. The Morgan fingerprint density at radius 2 is 1.26 bits per heavy atom. The number of nitrogens with zero attached hydrogens (tertiary/aromatic N) is 1. The summed E-state index contributed by atoms with van der Waals surface area (Å²) >= 11 is 1.64. The number of amides is 4. The molecule has 12 heteroatoms. The summed E-state index contributed by atoms with van der Waals surface area (Å²) in [6, 6.07) is 17.8. The zero-order valence-corrected chi connectivity index (χ0v) is 24.3. The summed E-state index contributed by atoms with van der Waals surface area (Å²) in [5.74, 6) is -1.17. The summed E-state index contributed by atoms with van der Waals surface area (Å²) in [4.78, 5) is 50.1. The molecule has 2 N–H and O–H groups in total. The van der Waals surface area contributed by atoms with Crippen LogP contribution in [0.25, 0.3) is 0 Å². The van der Waals surface area contributed by atoms with E-state index in [9.17, 15) is 19.2 Å². The highest BCUT2D eigenvalue weighted by Crippen LogP contribution is 2.29. The van der Waals surface area contributed by atoms with Gasteiger partial charge in [-0.15, -0.1) is 0 Å². The molecule has 1 heterocycles. The van der Waals surface area contributed by atoms with E-state index in [1.165, 1.54) is 12.2 Å². The number of anilines is 1. The van der Waals surface area contributed by atoms with Crippen LogP contribution in [0.3, 0.4) is 0 Å². The molecule has 0 spiro atoms. The van der Waals surface area contributed by atoms with Crippen molar-refractivity contribution in [2.45, 2.75) is 22.6 Å². The second-order valence-corrected chi connectivity index (χ2v) is 10.1. The van der Waals surface area contributed by atoms with Crippen molar-refractivity contribution in [3.8, 4) is 0 Å². The number of carbonyl (C=O) groups excluding carboxylic acids is 4. The normalized spacial score (nSPS) is 12.6. The number of benzene rings is 2. The maximum absolute atomic E-state index is 12.2. The molecule has 226 valence electrons. The third-order valence-corrected chi connectivity index (χ3v) is 6.72. The molecule has 0 aliphatic carbocycles. The van der Waals surface area contributed by atoms with Crippen LogP contribution in [0.2, 0.25) is 0 Å². The molecule has 3 rings (SSSR count). The number of ether oxygens (including phenoxy) is 4. The minimum atomic E-state index is -0.399. The van der Waals surface area contributed by atoms with Gasteiger partial charge in [0.25, 0.3) is 11.8 Å². The van der Waals surface area contributed by atoms with Gasteiger partial charge in [-0.05, 0) is 30.3 Å². The Bertz CT molecular complexity index is 1160. The zero-order chi connectivity index (χ0) is 29.8. The first kappa shape index (κ1) is 33.0. The van der Waals surface area contributed by atoms with Crippen molar-refractivity contribution in [1.82, 2.24) is 10.2 Å². The molecule has 2 aromatic rings. The number of hydrogen-bond acceptors (Lipinski definition) is 9. The summed E-state index contributed by atoms with van der Waals surface area (Å²) in [5, 5.41) is 5.58. The lowest BCUT2D eigenvalue weighted by Crippen LogP contribution is -2.35. The zero-order valence-electron chi connectivity index (χ0n) is 23.5. The molecule has 0 aromatic heterocycles. The molecule has 0 saturated carbocycles. The first-order valence-electron chi connectivity index (χ1n) is 13.8. The Morgan fingerprint density at radius 3 is 1.93 bits per heavy atom. The maximum Gasteiger partial charge on any atom is 0.253 e. The van der Waals surface area contributed by atoms with Crippen LogP contribution in [0.5, 0.6) is 0 Å². The second-order valence-electron chi connectivity index (χ2n) is 8.95. The van der Waals surface area contributed by atoms with E-state index in [0.717, 1.165) is 20.4 Å². The highest BCUT2D eigenvalue weighted by Gasteiger charge is 2.23. The molecular weight excluding hydrogens is 562 g/mol. The molecule has 1 aliphatic heterocycles. The fraction of sp³-hybridized carbons (Fsp3) is 0.400. The predicted molar refractivity (Wildman–Crippen MR) is 157 cm³/mol. The molecule has 0 bridgehead atoms. The van der Waals surface area contributed by atoms with Crippen molar-refractivity contribution in [3.05, 3.63) is 66.7 Å². The summed E-state index contributed by atoms with van der Waals surface area (Å²) in [6.07, 6.45) is 2.68. The largest absolute Gasteiger partial charge is 0.379 e. The summed E-state index contributed by atoms with van der Waals surface area (Å²) in [5.41, 5.74) is 0.752. The van der Waals surface area contributed by atoms with E-state index in [1.807, 2.05) is 54.6 Å². The minimum absolute atomic E-state index is 0.0485. The molecule has 0 radical (unpaired) electrons. The van der Waals surface area contributed by atoms with Gasteiger partial charge in [0.1, 0.15) is 0 Å². The van der Waals surface area contributed by atoms with Crippen molar-refractivity contribution >= 4 is 41.1 Å². The van der Waals surface area contributed by atoms with Crippen molar-refractivity contribution in [2.75, 3.05) is 71.3 Å². The first-order valence-corrected chi connectivity index (χ1v) is 14.6. The van der Waals surface area contributed by atoms with Crippen LogP contribution in [-0.2, 0) is 38.1 Å². The Hall–Kier alpha value is -3.55. The van der Waals surface area contributed by atoms with Crippen LogP contribution in [-0.4, -0.2) is 94.5 Å². The van der Waals surface area contributed by atoms with Gasteiger partial charge in [-0.25, -0.2) is 0 Å². The number of imide groups is 1. The molecule has 11 nitrogen and oxygen atoms in total. The average Bonchev–Trinajstić information content (AvgIpc) is 3.31. The minimum Gasteiger partial charge on any atom is -0.379 e. The van der Waals surface area contributed by atoms with Gasteiger partial charge in [0.05, 0.1) is 59.3 Å². The van der Waals surface area contributed by atoms with Crippen molar-refractivity contribution < 1.29 is 38.1 Å². The summed E-state index contributed by atoms with van der Waals surface area (Å²) < 4.78 is 21.7. The lowest BCUT2D eigenvalue weighted by molar-refractivity contribution is -0.137. The number of nitrogens with one attached hydrogen (secondary N) is 2. The Labute approximate surface area is 249 Å². The Kier molecular flexibility index (Phi) is 15.3. The van der Waals surface area contributed by atoms with Crippen LogP contribution < -0.4 is 10.6 Å². The van der Waals surface area contributed by atoms with Crippen molar-refractivity contribution in [3.63, 3.8) is 0 Å². The quantitative estimate of drug-likeness (QED) is 0.164. The van der Waals surface area contributed by atoms with Gasteiger partial charge in [0.15, 0.2) is 0 Å². The topological polar surface area (TPSA) is 133 Å². The van der Waals surface area contributed by atoms with Crippen LogP contribution >= 0.6 is 11.8 Å². The molecular formula is C30H37N3O8S. The first-order chi connectivity index (χ1) is 20.5. The lowest BCUT2D eigenvalue weighted by Gasteiger charge is -2.13. The molecule has 0 unspecified atom stereocenters. The van der Waals surface area contributed by atoms with E-state index in [2.05, 4.69) is 10.6 Å². The van der Waals surface area contributed by atoms with Gasteiger partial charge < -0.3 is 29.6 Å². The van der Waals surface area contributed by atoms with Crippen molar-refractivity contribution in [1.29, 1.82) is 0 Å². The van der Waals surface area contributed by atoms with Crippen LogP contribution in [0, 0.1) is 0 Å². The Balaban J connectivity index is 1.07. The van der Waals surface area contributed by atoms with E-state index >= 15 is 0 Å². The smallest absolute Gasteiger partial charge is 0.253 e. The van der Waals surface area contributed by atoms with E-state index in [-0.39, 0.29) is 31.2 Å². The maximum atomic E-state index is 12.2. The van der Waals surface area contributed by atoms with Crippen LogP contribution in [0.4, 0.5) is 5.69 Å². The monoisotopic (exact) mass is 599 g/mol. The fourth-order valence-electron chi connectivity index (χ4n) is 3.63. The van der Waals surface area contributed by atoms with E-state index in [4.69, 9.17) is 18.9 Å². The average molecular weight is 600 g/mol. The molecule has 4 amide bonds. The van der Waals surface area contributed by atoms with Crippen LogP contribution in [0.15, 0.2) is 76.5 Å². The molecule has 42 heavy (non-hydrogen) atoms. The molecule has 0 fully saturated rings. The van der Waals surface area contributed by atoms with Gasteiger partial charge in [0.2, 0.25) is 11.8 Å².